The number of hydrogen-bond acceptors (Lipinski definition) is 1. The molecule has 0 heterocycles. The maximum atomic E-state index is 13.3. The van der Waals surface area contributed by atoms with Crippen molar-refractivity contribution in [3.05, 3.63) is 65.2 Å². The molecule has 0 saturated heterocycles. The molecule has 0 spiro atoms. The Morgan fingerprint density at radius 1 is 1.16 bits per heavy atom. The first-order valence-corrected chi connectivity index (χ1v) is 6.73. The van der Waals surface area contributed by atoms with Gasteiger partial charge in [0.2, 0.25) is 0 Å². The molecule has 1 atom stereocenters. The van der Waals surface area contributed by atoms with Crippen LogP contribution in [0.15, 0.2) is 42.5 Å². The molecule has 2 rings (SSSR count). The van der Waals surface area contributed by atoms with Crippen LogP contribution in [0.25, 0.3) is 0 Å². The minimum Gasteiger partial charge on any atom is -0.494 e. The van der Waals surface area contributed by atoms with Gasteiger partial charge >= 0.3 is 0 Å². The molecule has 0 aliphatic heterocycles. The smallest absolute Gasteiger partial charge is 0.165 e. The van der Waals surface area contributed by atoms with Gasteiger partial charge in [0.25, 0.3) is 0 Å². The highest BCUT2D eigenvalue weighted by atomic mass is 79.9. The predicted molar refractivity (Wildman–Crippen MR) is 74.7 cm³/mol. The van der Waals surface area contributed by atoms with Gasteiger partial charge in [-0.15, -0.1) is 0 Å². The van der Waals surface area contributed by atoms with Gasteiger partial charge in [-0.1, -0.05) is 34.1 Å². The minimum atomic E-state index is -0.392. The Morgan fingerprint density at radius 2 is 1.95 bits per heavy atom. The first-order valence-electron chi connectivity index (χ1n) is 5.82. The van der Waals surface area contributed by atoms with Gasteiger partial charge in [0.15, 0.2) is 11.6 Å². The van der Waals surface area contributed by atoms with Crippen LogP contribution >= 0.6 is 15.9 Å². The van der Waals surface area contributed by atoms with Gasteiger partial charge in [-0.05, 0) is 41.8 Å². The maximum absolute atomic E-state index is 13.3. The van der Waals surface area contributed by atoms with Crippen LogP contribution < -0.4 is 4.74 Å². The lowest BCUT2D eigenvalue weighted by molar-refractivity contribution is 0.386. The van der Waals surface area contributed by atoms with Crippen LogP contribution in [0.2, 0.25) is 0 Å². The fourth-order valence-electron chi connectivity index (χ4n) is 1.86. The summed E-state index contributed by atoms with van der Waals surface area (Å²) in [4.78, 5) is -0.0243. The fraction of sp³-hybridized carbons (Fsp3) is 0.200. The lowest BCUT2D eigenvalue weighted by atomic mass is 10.0. The van der Waals surface area contributed by atoms with E-state index in [1.165, 1.54) is 25.3 Å². The zero-order valence-electron chi connectivity index (χ0n) is 10.4. The summed E-state index contributed by atoms with van der Waals surface area (Å²) in [6, 6.07) is 11.1. The zero-order chi connectivity index (χ0) is 13.8. The SMILES string of the molecule is COc1cc(C(Br)Cc2cccc(F)c2)ccc1F. The van der Waals surface area contributed by atoms with Crippen molar-refractivity contribution < 1.29 is 13.5 Å². The van der Waals surface area contributed by atoms with Crippen molar-refractivity contribution in [3.8, 4) is 5.75 Å². The molecule has 1 nitrogen and oxygen atoms in total. The molecule has 1 unspecified atom stereocenters. The Labute approximate surface area is 119 Å². The Balaban J connectivity index is 2.18. The van der Waals surface area contributed by atoms with Gasteiger partial charge in [-0.2, -0.15) is 0 Å². The highest BCUT2D eigenvalue weighted by Gasteiger charge is 2.12. The van der Waals surface area contributed by atoms with Gasteiger partial charge < -0.3 is 4.74 Å². The van der Waals surface area contributed by atoms with E-state index in [9.17, 15) is 8.78 Å². The number of ether oxygens (including phenoxy) is 1. The summed E-state index contributed by atoms with van der Waals surface area (Å²) in [6.45, 7) is 0. The number of rotatable bonds is 4. The molecule has 0 bridgehead atoms. The quantitative estimate of drug-likeness (QED) is 0.743. The van der Waals surface area contributed by atoms with E-state index in [1.54, 1.807) is 18.2 Å². The fourth-order valence-corrected chi connectivity index (χ4v) is 2.52. The first kappa shape index (κ1) is 14.0. The van der Waals surface area contributed by atoms with E-state index in [1.807, 2.05) is 6.07 Å². The Bertz CT molecular complexity index is 572. The molecule has 19 heavy (non-hydrogen) atoms. The molecule has 0 aromatic heterocycles. The molecular formula is C15H13BrF2O. The van der Waals surface area contributed by atoms with Gasteiger partial charge in [-0.25, -0.2) is 8.78 Å². The number of hydrogen-bond donors (Lipinski definition) is 0. The van der Waals surface area contributed by atoms with E-state index in [4.69, 9.17) is 4.74 Å². The summed E-state index contributed by atoms with van der Waals surface area (Å²) >= 11 is 3.53. The van der Waals surface area contributed by atoms with Crippen molar-refractivity contribution in [1.82, 2.24) is 0 Å². The van der Waals surface area contributed by atoms with E-state index in [0.29, 0.717) is 6.42 Å². The molecule has 2 aromatic rings. The second kappa shape index (κ2) is 6.15. The molecule has 2 aromatic carbocycles. The average Bonchev–Trinajstić information content (AvgIpc) is 2.39. The standard InChI is InChI=1S/C15H13BrF2O/c1-19-15-9-11(5-6-14(15)18)13(16)8-10-3-2-4-12(17)7-10/h2-7,9,13H,8H2,1H3. The predicted octanol–water partition coefficient (Wildman–Crippen LogP) is 4.65. The number of methoxy groups -OCH3 is 1. The Kier molecular flexibility index (Phi) is 4.53. The third kappa shape index (κ3) is 3.53. The summed E-state index contributed by atoms with van der Waals surface area (Å²) in [5.74, 6) is -0.438. The molecule has 0 radical (unpaired) electrons. The van der Waals surface area contributed by atoms with Crippen LogP contribution in [0.3, 0.4) is 0 Å². The van der Waals surface area contributed by atoms with E-state index in [2.05, 4.69) is 15.9 Å². The molecule has 0 N–H and O–H groups in total. The van der Waals surface area contributed by atoms with E-state index in [0.717, 1.165) is 11.1 Å². The lowest BCUT2D eigenvalue weighted by Crippen LogP contribution is -1.98. The van der Waals surface area contributed by atoms with Gasteiger partial charge in [0, 0.05) is 4.83 Å². The number of alkyl halides is 1. The summed E-state index contributed by atoms with van der Waals surface area (Å²) in [7, 11) is 1.43. The summed E-state index contributed by atoms with van der Waals surface area (Å²) in [6.07, 6.45) is 0.618. The third-order valence-electron chi connectivity index (χ3n) is 2.84. The van der Waals surface area contributed by atoms with Crippen molar-refractivity contribution in [1.29, 1.82) is 0 Å². The lowest BCUT2D eigenvalue weighted by Gasteiger charge is -2.12. The van der Waals surface area contributed by atoms with Gasteiger partial charge in [-0.3, -0.25) is 0 Å². The molecule has 0 aliphatic carbocycles. The van der Waals surface area contributed by atoms with Crippen molar-refractivity contribution in [2.24, 2.45) is 0 Å². The molecule has 4 heteroatoms. The van der Waals surface area contributed by atoms with Crippen molar-refractivity contribution in [2.45, 2.75) is 11.2 Å². The van der Waals surface area contributed by atoms with E-state index in [-0.39, 0.29) is 16.4 Å². The van der Waals surface area contributed by atoms with Crippen LogP contribution in [0.1, 0.15) is 16.0 Å². The van der Waals surface area contributed by atoms with E-state index < -0.39 is 5.82 Å². The number of halogens is 3. The Morgan fingerprint density at radius 3 is 2.63 bits per heavy atom. The molecule has 0 amide bonds. The van der Waals surface area contributed by atoms with Crippen molar-refractivity contribution in [2.75, 3.05) is 7.11 Å². The highest BCUT2D eigenvalue weighted by Crippen LogP contribution is 2.30. The first-order chi connectivity index (χ1) is 9.10. The number of benzene rings is 2. The van der Waals surface area contributed by atoms with E-state index >= 15 is 0 Å². The molecule has 100 valence electrons. The minimum absolute atomic E-state index is 0.0243. The molecule has 0 saturated carbocycles. The zero-order valence-corrected chi connectivity index (χ0v) is 12.0. The van der Waals surface area contributed by atoms with Crippen molar-refractivity contribution >= 4 is 15.9 Å². The summed E-state index contributed by atoms with van der Waals surface area (Å²) < 4.78 is 31.4. The monoisotopic (exact) mass is 326 g/mol. The van der Waals surface area contributed by atoms with Crippen LogP contribution in [-0.4, -0.2) is 7.11 Å². The summed E-state index contributed by atoms with van der Waals surface area (Å²) in [5.41, 5.74) is 1.77. The largest absolute Gasteiger partial charge is 0.494 e. The Hall–Kier alpha value is -1.42. The topological polar surface area (TPSA) is 9.23 Å². The second-order valence-electron chi connectivity index (χ2n) is 4.20. The average molecular weight is 327 g/mol. The van der Waals surface area contributed by atoms with Gasteiger partial charge in [0.05, 0.1) is 7.11 Å². The van der Waals surface area contributed by atoms with Crippen molar-refractivity contribution in [3.63, 3.8) is 0 Å². The third-order valence-corrected chi connectivity index (χ3v) is 3.69. The molecular weight excluding hydrogens is 314 g/mol. The molecule has 0 fully saturated rings. The maximum Gasteiger partial charge on any atom is 0.165 e. The second-order valence-corrected chi connectivity index (χ2v) is 5.30. The van der Waals surface area contributed by atoms with Gasteiger partial charge in [0.1, 0.15) is 5.82 Å². The summed E-state index contributed by atoms with van der Waals surface area (Å²) in [5, 5.41) is 0. The normalized spacial score (nSPS) is 12.2. The highest BCUT2D eigenvalue weighted by molar-refractivity contribution is 9.09. The van der Waals surface area contributed by atoms with Crippen LogP contribution in [0.5, 0.6) is 5.75 Å². The van der Waals surface area contributed by atoms with Crippen LogP contribution in [0, 0.1) is 11.6 Å². The van der Waals surface area contributed by atoms with Crippen LogP contribution in [-0.2, 0) is 6.42 Å². The van der Waals surface area contributed by atoms with Crippen LogP contribution in [0.4, 0.5) is 8.78 Å². The molecule has 0 aliphatic rings.